The SMILES string of the molecule is O=C(O)c1cc(O)ccc1[O-].O=C(O)c1cc(O)ccc1[O-].O=C(O)c1cc(O)ccc1[O-].O=C(O)c1cc(O)ccc1[O-].[Zr+4]. The molecule has 0 aromatic heterocycles. The standard InChI is InChI=1S/4C7H6O4.Zr/c4*8-4-1-2-6(9)5(3-4)7(10)11;/h4*1-3,8-9H,(H,10,11);/q;;;;+4/p-4. The van der Waals surface area contributed by atoms with Crippen LogP contribution < -0.4 is 20.4 Å². The van der Waals surface area contributed by atoms with E-state index in [4.69, 9.17) is 40.9 Å². The smallest absolute Gasteiger partial charge is 0.872 e. The molecule has 0 aliphatic heterocycles. The van der Waals surface area contributed by atoms with Crippen LogP contribution in [0.3, 0.4) is 0 Å². The van der Waals surface area contributed by atoms with Crippen molar-refractivity contribution in [3.05, 3.63) is 95.1 Å². The summed E-state index contributed by atoms with van der Waals surface area (Å²) in [6, 6.07) is 12.3. The second-order valence-corrected chi connectivity index (χ2v) is 7.94. The van der Waals surface area contributed by atoms with E-state index in [9.17, 15) is 39.6 Å². The van der Waals surface area contributed by atoms with Crippen LogP contribution in [-0.2, 0) is 26.2 Å². The molecule has 4 aromatic rings. The molecule has 0 spiro atoms. The second kappa shape index (κ2) is 17.9. The third-order valence-corrected chi connectivity index (χ3v) is 4.77. The molecule has 0 atom stereocenters. The molecule has 0 aliphatic rings. The van der Waals surface area contributed by atoms with Crippen molar-refractivity contribution in [2.24, 2.45) is 0 Å². The summed E-state index contributed by atoms with van der Waals surface area (Å²) in [4.78, 5) is 41.1. The van der Waals surface area contributed by atoms with Crippen molar-refractivity contribution in [1.82, 2.24) is 0 Å². The van der Waals surface area contributed by atoms with Gasteiger partial charge in [-0.2, -0.15) is 0 Å². The Bertz CT molecular complexity index is 1420. The summed E-state index contributed by atoms with van der Waals surface area (Å²) in [7, 11) is 0. The summed E-state index contributed by atoms with van der Waals surface area (Å²) in [5.41, 5.74) is -1.65. The van der Waals surface area contributed by atoms with E-state index >= 15 is 0 Å². The average Bonchev–Trinajstić information content (AvgIpc) is 2.94. The van der Waals surface area contributed by atoms with Gasteiger partial charge >= 0.3 is 50.1 Å². The number of aromatic carboxylic acids is 4. The van der Waals surface area contributed by atoms with Gasteiger partial charge in [0.05, 0.1) is 22.3 Å². The number of hydrogen-bond donors (Lipinski definition) is 8. The minimum Gasteiger partial charge on any atom is -0.872 e. The van der Waals surface area contributed by atoms with E-state index in [2.05, 4.69) is 0 Å². The van der Waals surface area contributed by atoms with Crippen LogP contribution in [0, 0.1) is 0 Å². The van der Waals surface area contributed by atoms with Gasteiger partial charge in [-0.3, -0.25) is 0 Å². The van der Waals surface area contributed by atoms with E-state index in [1.54, 1.807) is 0 Å². The monoisotopic (exact) mass is 702 g/mol. The first kappa shape index (κ1) is 39.0. The van der Waals surface area contributed by atoms with Gasteiger partial charge in [-0.1, -0.05) is 47.3 Å². The van der Waals surface area contributed by atoms with Crippen LogP contribution in [0.5, 0.6) is 46.0 Å². The zero-order valence-corrected chi connectivity index (χ0v) is 24.7. The summed E-state index contributed by atoms with van der Waals surface area (Å²) in [5, 5.41) is 112. The fraction of sp³-hybridized carbons (Fsp3) is 0. The Morgan fingerprint density at radius 3 is 0.644 bits per heavy atom. The molecule has 0 aliphatic carbocycles. The number of aromatic hydroxyl groups is 4. The summed E-state index contributed by atoms with van der Waals surface area (Å²) < 4.78 is 0. The van der Waals surface area contributed by atoms with E-state index in [1.807, 2.05) is 0 Å². The molecular weight excluding hydrogens is 684 g/mol. The largest absolute Gasteiger partial charge is 4.00 e. The van der Waals surface area contributed by atoms with Crippen molar-refractivity contribution in [3.8, 4) is 46.0 Å². The topological polar surface area (TPSA) is 322 Å². The van der Waals surface area contributed by atoms with E-state index in [0.717, 1.165) is 72.8 Å². The Morgan fingerprint density at radius 1 is 0.378 bits per heavy atom. The van der Waals surface area contributed by atoms with Crippen LogP contribution >= 0.6 is 0 Å². The molecule has 0 unspecified atom stereocenters. The third-order valence-electron chi connectivity index (χ3n) is 4.77. The number of rotatable bonds is 4. The number of carboxylic acids is 4. The van der Waals surface area contributed by atoms with Crippen molar-refractivity contribution in [1.29, 1.82) is 0 Å². The van der Waals surface area contributed by atoms with Gasteiger partial charge in [-0.05, 0) is 48.5 Å². The Kier molecular flexibility index (Phi) is 15.5. The van der Waals surface area contributed by atoms with Gasteiger partial charge in [-0.25, -0.2) is 19.2 Å². The van der Waals surface area contributed by atoms with E-state index in [-0.39, 0.29) is 49.2 Å². The van der Waals surface area contributed by atoms with Crippen LogP contribution in [0.15, 0.2) is 72.8 Å². The molecule has 45 heavy (non-hydrogen) atoms. The van der Waals surface area contributed by atoms with Gasteiger partial charge in [0.15, 0.2) is 0 Å². The van der Waals surface area contributed by atoms with Crippen LogP contribution in [-0.4, -0.2) is 64.7 Å². The maximum atomic E-state index is 10.7. The van der Waals surface area contributed by atoms with E-state index in [0.29, 0.717) is 0 Å². The van der Waals surface area contributed by atoms with Crippen LogP contribution in [0.1, 0.15) is 41.4 Å². The van der Waals surface area contributed by atoms with Crippen molar-refractivity contribution >= 4 is 23.9 Å². The molecule has 16 nitrogen and oxygen atoms in total. The van der Waals surface area contributed by atoms with Crippen LogP contribution in [0.4, 0.5) is 0 Å². The molecule has 0 bridgehead atoms. The Hall–Kier alpha value is -5.96. The number of hydrogen-bond acceptors (Lipinski definition) is 12. The van der Waals surface area contributed by atoms with E-state index in [1.165, 1.54) is 0 Å². The molecule has 0 heterocycles. The average molecular weight is 704 g/mol. The predicted octanol–water partition coefficient (Wildman–Crippen LogP) is 0.653. The molecule has 4 rings (SSSR count). The molecule has 0 saturated heterocycles. The molecule has 0 amide bonds. The summed E-state index contributed by atoms with van der Waals surface area (Å²) in [6.45, 7) is 0. The number of phenols is 4. The van der Waals surface area contributed by atoms with Gasteiger partial charge in [0.2, 0.25) is 0 Å². The molecule has 8 N–H and O–H groups in total. The minimum absolute atomic E-state index is 0. The second-order valence-electron chi connectivity index (χ2n) is 7.94. The van der Waals surface area contributed by atoms with Gasteiger partial charge < -0.3 is 61.3 Å². The molecule has 0 fully saturated rings. The first-order chi connectivity index (χ1) is 20.4. The van der Waals surface area contributed by atoms with Crippen LogP contribution in [0.25, 0.3) is 0 Å². The zero-order valence-electron chi connectivity index (χ0n) is 22.3. The van der Waals surface area contributed by atoms with Crippen molar-refractivity contribution in [2.75, 3.05) is 0 Å². The Labute approximate surface area is 271 Å². The quantitative estimate of drug-likeness (QED) is 0.145. The summed E-state index contributed by atoms with van der Waals surface area (Å²) >= 11 is 0. The van der Waals surface area contributed by atoms with Gasteiger partial charge in [0.25, 0.3) is 0 Å². The summed E-state index contributed by atoms with van der Waals surface area (Å²) in [6.07, 6.45) is 0. The number of phenolic OH excluding ortho intramolecular Hbond substituents is 4. The number of benzene rings is 4. The van der Waals surface area contributed by atoms with Crippen LogP contribution in [0.2, 0.25) is 0 Å². The van der Waals surface area contributed by atoms with E-state index < -0.39 is 69.1 Å². The van der Waals surface area contributed by atoms with Gasteiger partial charge in [0.1, 0.15) is 23.0 Å². The zero-order chi connectivity index (χ0) is 33.7. The molecule has 0 saturated carbocycles. The molecule has 232 valence electrons. The predicted molar refractivity (Wildman–Crippen MR) is 138 cm³/mol. The number of carboxylic acid groups (broad SMARTS) is 4. The molecule has 0 radical (unpaired) electrons. The maximum absolute atomic E-state index is 10.7. The third kappa shape index (κ3) is 12.8. The molecular formula is C28H20O16Zr. The maximum Gasteiger partial charge on any atom is 4.00 e. The fourth-order valence-corrected chi connectivity index (χ4v) is 2.74. The first-order valence-electron chi connectivity index (χ1n) is 11.4. The van der Waals surface area contributed by atoms with Gasteiger partial charge in [-0.15, -0.1) is 0 Å². The Morgan fingerprint density at radius 2 is 0.533 bits per heavy atom. The van der Waals surface area contributed by atoms with Gasteiger partial charge in [0, 0.05) is 0 Å². The first-order valence-corrected chi connectivity index (χ1v) is 11.4. The van der Waals surface area contributed by atoms with Crippen molar-refractivity contribution < 1.29 is 107 Å². The fourth-order valence-electron chi connectivity index (χ4n) is 2.74. The normalized spacial score (nSPS) is 9.24. The number of carbonyl (C=O) groups is 4. The van der Waals surface area contributed by atoms with Crippen molar-refractivity contribution in [2.45, 2.75) is 0 Å². The van der Waals surface area contributed by atoms with Crippen molar-refractivity contribution in [3.63, 3.8) is 0 Å². The molecule has 17 heteroatoms. The molecule has 4 aromatic carbocycles. The minimum atomic E-state index is -1.33. The summed E-state index contributed by atoms with van der Waals surface area (Å²) in [5.74, 6) is -8.60. The Balaban J connectivity index is 0.000000569.